The molecule has 0 unspecified atom stereocenters. The largest absolute Gasteiger partial charge is 0.277 e. The standard InChI is InChI=1S/C13H17N3S2/c17-9-13(6-2-3-7-13)10-18-12-15-14-11-5-1-4-8-16(11)12/h1,4-5,8,17H,2-3,6-7,9-10H2. The number of thioether (sulfide) groups is 1. The minimum Gasteiger partial charge on any atom is -0.277 e. The zero-order valence-corrected chi connectivity index (χ0v) is 12.0. The van der Waals surface area contributed by atoms with Gasteiger partial charge in [0.05, 0.1) is 0 Å². The Morgan fingerprint density at radius 2 is 2.11 bits per heavy atom. The Kier molecular flexibility index (Phi) is 3.52. The first kappa shape index (κ1) is 12.4. The van der Waals surface area contributed by atoms with E-state index in [0.29, 0.717) is 5.41 Å². The summed E-state index contributed by atoms with van der Waals surface area (Å²) in [5.41, 5.74) is 1.33. The third-order valence-electron chi connectivity index (χ3n) is 3.79. The van der Waals surface area contributed by atoms with Crippen molar-refractivity contribution in [2.24, 2.45) is 5.41 Å². The molecule has 3 rings (SSSR count). The summed E-state index contributed by atoms with van der Waals surface area (Å²) in [5, 5.41) is 9.46. The van der Waals surface area contributed by atoms with Crippen molar-refractivity contribution in [2.45, 2.75) is 30.8 Å². The van der Waals surface area contributed by atoms with Gasteiger partial charge in [-0.05, 0) is 36.1 Å². The maximum atomic E-state index is 4.55. The fraction of sp³-hybridized carbons (Fsp3) is 0.538. The molecule has 2 heterocycles. The Morgan fingerprint density at radius 1 is 1.28 bits per heavy atom. The lowest BCUT2D eigenvalue weighted by atomic mass is 9.91. The van der Waals surface area contributed by atoms with Gasteiger partial charge < -0.3 is 0 Å². The molecule has 0 spiro atoms. The molecule has 0 aromatic carbocycles. The van der Waals surface area contributed by atoms with Crippen LogP contribution in [0.3, 0.4) is 0 Å². The first-order chi connectivity index (χ1) is 8.83. The SMILES string of the molecule is SCC1(CSc2nnc3ccccn23)CCCC1. The molecule has 5 heteroatoms. The van der Waals surface area contributed by atoms with Crippen LogP contribution in [0, 0.1) is 5.41 Å². The zero-order chi connectivity index (χ0) is 12.4. The van der Waals surface area contributed by atoms with Gasteiger partial charge in [-0.25, -0.2) is 0 Å². The van der Waals surface area contributed by atoms with Gasteiger partial charge in [0.1, 0.15) is 0 Å². The molecular formula is C13H17N3S2. The minimum absolute atomic E-state index is 0.411. The van der Waals surface area contributed by atoms with E-state index in [1.54, 1.807) is 0 Å². The minimum atomic E-state index is 0.411. The predicted molar refractivity (Wildman–Crippen MR) is 78.5 cm³/mol. The normalized spacial score (nSPS) is 18.5. The van der Waals surface area contributed by atoms with E-state index in [1.165, 1.54) is 25.7 Å². The van der Waals surface area contributed by atoms with Crippen LogP contribution in [-0.4, -0.2) is 26.1 Å². The highest BCUT2D eigenvalue weighted by atomic mass is 32.2. The van der Waals surface area contributed by atoms with Gasteiger partial charge >= 0.3 is 0 Å². The second-order valence-corrected chi connectivity index (χ2v) is 6.32. The number of hydrogen-bond donors (Lipinski definition) is 1. The van der Waals surface area contributed by atoms with E-state index in [1.807, 2.05) is 36.2 Å². The van der Waals surface area contributed by atoms with Crippen molar-refractivity contribution in [1.29, 1.82) is 0 Å². The average Bonchev–Trinajstić information content (AvgIpc) is 3.04. The molecule has 0 bridgehead atoms. The van der Waals surface area contributed by atoms with E-state index < -0.39 is 0 Å². The van der Waals surface area contributed by atoms with Crippen LogP contribution < -0.4 is 0 Å². The van der Waals surface area contributed by atoms with Crippen LogP contribution in [-0.2, 0) is 0 Å². The molecule has 2 aromatic heterocycles. The van der Waals surface area contributed by atoms with Crippen molar-refractivity contribution in [3.8, 4) is 0 Å². The van der Waals surface area contributed by atoms with Crippen molar-refractivity contribution in [2.75, 3.05) is 11.5 Å². The van der Waals surface area contributed by atoms with Gasteiger partial charge in [0, 0.05) is 11.9 Å². The summed E-state index contributed by atoms with van der Waals surface area (Å²) in [6, 6.07) is 6.00. The van der Waals surface area contributed by atoms with Gasteiger partial charge in [-0.1, -0.05) is 30.7 Å². The summed E-state index contributed by atoms with van der Waals surface area (Å²) in [4.78, 5) is 0. The number of nitrogens with zero attached hydrogens (tertiary/aromatic N) is 3. The molecule has 0 saturated heterocycles. The monoisotopic (exact) mass is 279 g/mol. The maximum absolute atomic E-state index is 4.55. The molecular weight excluding hydrogens is 262 g/mol. The number of pyridine rings is 1. The molecule has 2 aromatic rings. The van der Waals surface area contributed by atoms with Crippen LogP contribution in [0.1, 0.15) is 25.7 Å². The molecule has 1 saturated carbocycles. The molecule has 96 valence electrons. The quantitative estimate of drug-likeness (QED) is 0.688. The van der Waals surface area contributed by atoms with Crippen LogP contribution in [0.15, 0.2) is 29.6 Å². The summed E-state index contributed by atoms with van der Waals surface area (Å²) < 4.78 is 2.06. The first-order valence-electron chi connectivity index (χ1n) is 6.36. The number of rotatable bonds is 4. The molecule has 0 atom stereocenters. The average molecular weight is 279 g/mol. The topological polar surface area (TPSA) is 30.2 Å². The van der Waals surface area contributed by atoms with E-state index in [9.17, 15) is 0 Å². The van der Waals surface area contributed by atoms with Crippen molar-refractivity contribution >= 4 is 30.0 Å². The van der Waals surface area contributed by atoms with Gasteiger partial charge in [0.2, 0.25) is 0 Å². The van der Waals surface area contributed by atoms with Crippen molar-refractivity contribution < 1.29 is 0 Å². The van der Waals surface area contributed by atoms with Crippen LogP contribution >= 0.6 is 24.4 Å². The molecule has 0 amide bonds. The third kappa shape index (κ3) is 2.26. The fourth-order valence-corrected chi connectivity index (χ4v) is 4.41. The zero-order valence-electron chi connectivity index (χ0n) is 10.2. The summed E-state index contributed by atoms with van der Waals surface area (Å²) in [7, 11) is 0. The number of hydrogen-bond acceptors (Lipinski definition) is 4. The Morgan fingerprint density at radius 3 is 2.89 bits per heavy atom. The van der Waals surface area contributed by atoms with Gasteiger partial charge in [0.15, 0.2) is 10.8 Å². The Labute approximate surface area is 117 Å². The summed E-state index contributed by atoms with van der Waals surface area (Å²) in [5.74, 6) is 2.09. The van der Waals surface area contributed by atoms with Crippen LogP contribution in [0.5, 0.6) is 0 Å². The Bertz CT molecular complexity index is 532. The molecule has 1 aliphatic carbocycles. The Balaban J connectivity index is 1.76. The van der Waals surface area contributed by atoms with Crippen LogP contribution in [0.25, 0.3) is 5.65 Å². The van der Waals surface area contributed by atoms with E-state index in [-0.39, 0.29) is 0 Å². The highest BCUT2D eigenvalue weighted by Gasteiger charge is 2.32. The van der Waals surface area contributed by atoms with E-state index in [0.717, 1.165) is 22.3 Å². The first-order valence-corrected chi connectivity index (χ1v) is 7.98. The summed E-state index contributed by atoms with van der Waals surface area (Å²) >= 11 is 6.37. The fourth-order valence-electron chi connectivity index (χ4n) is 2.61. The predicted octanol–water partition coefficient (Wildman–Crippen LogP) is 3.31. The third-order valence-corrected chi connectivity index (χ3v) is 5.75. The van der Waals surface area contributed by atoms with E-state index >= 15 is 0 Å². The van der Waals surface area contributed by atoms with Crippen molar-refractivity contribution in [3.63, 3.8) is 0 Å². The van der Waals surface area contributed by atoms with Crippen LogP contribution in [0.2, 0.25) is 0 Å². The van der Waals surface area contributed by atoms with Gasteiger partial charge in [-0.2, -0.15) is 12.6 Å². The highest BCUT2D eigenvalue weighted by molar-refractivity contribution is 7.99. The van der Waals surface area contributed by atoms with Crippen molar-refractivity contribution in [1.82, 2.24) is 14.6 Å². The second-order valence-electron chi connectivity index (χ2n) is 5.07. The van der Waals surface area contributed by atoms with Gasteiger partial charge in [0.25, 0.3) is 0 Å². The lowest BCUT2D eigenvalue weighted by Gasteiger charge is -2.25. The Hall–Kier alpha value is -0.680. The van der Waals surface area contributed by atoms with E-state index in [4.69, 9.17) is 0 Å². The maximum Gasteiger partial charge on any atom is 0.195 e. The number of fused-ring (bicyclic) bond motifs is 1. The molecule has 3 nitrogen and oxygen atoms in total. The summed E-state index contributed by atoms with van der Waals surface area (Å²) in [6.07, 6.45) is 7.34. The molecule has 0 aliphatic heterocycles. The highest BCUT2D eigenvalue weighted by Crippen LogP contribution is 2.42. The lowest BCUT2D eigenvalue weighted by Crippen LogP contribution is -2.21. The number of aromatic nitrogens is 3. The van der Waals surface area contributed by atoms with Crippen molar-refractivity contribution in [3.05, 3.63) is 24.4 Å². The van der Waals surface area contributed by atoms with Crippen LogP contribution in [0.4, 0.5) is 0 Å². The van der Waals surface area contributed by atoms with Gasteiger partial charge in [-0.15, -0.1) is 10.2 Å². The molecule has 0 N–H and O–H groups in total. The molecule has 0 radical (unpaired) electrons. The smallest absolute Gasteiger partial charge is 0.195 e. The van der Waals surface area contributed by atoms with Gasteiger partial charge in [-0.3, -0.25) is 4.40 Å². The molecule has 1 fully saturated rings. The number of thiol groups is 1. The lowest BCUT2D eigenvalue weighted by molar-refractivity contribution is 0.403. The summed E-state index contributed by atoms with van der Waals surface area (Å²) in [6.45, 7) is 0. The second kappa shape index (κ2) is 5.13. The molecule has 18 heavy (non-hydrogen) atoms. The van der Waals surface area contributed by atoms with E-state index in [2.05, 4.69) is 27.2 Å². The molecule has 1 aliphatic rings.